The lowest BCUT2D eigenvalue weighted by molar-refractivity contribution is 0.103. The predicted molar refractivity (Wildman–Crippen MR) is 123 cm³/mol. The Morgan fingerprint density at radius 2 is 1.94 bits per heavy atom. The number of nitrogens with zero attached hydrogens (tertiary/aromatic N) is 2. The van der Waals surface area contributed by atoms with E-state index in [2.05, 4.69) is 15.3 Å². The van der Waals surface area contributed by atoms with Crippen LogP contribution in [0.3, 0.4) is 0 Å². The first-order valence-corrected chi connectivity index (χ1v) is 11.3. The van der Waals surface area contributed by atoms with Crippen molar-refractivity contribution in [1.29, 1.82) is 0 Å². The summed E-state index contributed by atoms with van der Waals surface area (Å²) in [6.07, 6.45) is 0. The SMILES string of the molecule is Cc1cc(OCc2nc(C)c(C(=O)Nc3nc(-c4ccc(F)cc4)cs3)s2)ccc1Cl. The molecule has 9 heteroatoms. The minimum Gasteiger partial charge on any atom is -0.486 e. The molecule has 2 heterocycles. The largest absolute Gasteiger partial charge is 0.486 e. The van der Waals surface area contributed by atoms with Gasteiger partial charge in [-0.2, -0.15) is 0 Å². The van der Waals surface area contributed by atoms with E-state index >= 15 is 0 Å². The number of hydrogen-bond acceptors (Lipinski definition) is 6. The molecule has 0 aliphatic heterocycles. The number of anilines is 1. The molecule has 0 aliphatic rings. The van der Waals surface area contributed by atoms with E-state index in [0.717, 1.165) is 11.1 Å². The van der Waals surface area contributed by atoms with Gasteiger partial charge in [0, 0.05) is 16.0 Å². The van der Waals surface area contributed by atoms with Gasteiger partial charge >= 0.3 is 0 Å². The molecule has 0 saturated carbocycles. The molecular weight excluding hydrogens is 457 g/mol. The lowest BCUT2D eigenvalue weighted by Gasteiger charge is -2.05. The van der Waals surface area contributed by atoms with Crippen LogP contribution >= 0.6 is 34.3 Å². The molecule has 2 aromatic heterocycles. The van der Waals surface area contributed by atoms with Crippen molar-refractivity contribution >= 4 is 45.3 Å². The van der Waals surface area contributed by atoms with Crippen molar-refractivity contribution in [2.24, 2.45) is 0 Å². The molecule has 0 spiro atoms. The Hall–Kier alpha value is -2.81. The van der Waals surface area contributed by atoms with E-state index in [1.54, 1.807) is 31.2 Å². The van der Waals surface area contributed by atoms with Crippen LogP contribution in [0, 0.1) is 19.7 Å². The van der Waals surface area contributed by atoms with Crippen LogP contribution in [0.2, 0.25) is 5.02 Å². The van der Waals surface area contributed by atoms with E-state index in [4.69, 9.17) is 16.3 Å². The maximum absolute atomic E-state index is 13.1. The normalized spacial score (nSPS) is 10.8. The number of rotatable bonds is 6. The summed E-state index contributed by atoms with van der Waals surface area (Å²) >= 11 is 8.62. The third kappa shape index (κ3) is 5.10. The Morgan fingerprint density at radius 1 is 1.16 bits per heavy atom. The molecule has 0 fully saturated rings. The first kappa shape index (κ1) is 21.4. The topological polar surface area (TPSA) is 64.1 Å². The molecule has 4 aromatic rings. The van der Waals surface area contributed by atoms with Gasteiger partial charge in [0.15, 0.2) is 5.13 Å². The van der Waals surface area contributed by atoms with Gasteiger partial charge in [0.1, 0.15) is 28.1 Å². The van der Waals surface area contributed by atoms with Gasteiger partial charge in [0.2, 0.25) is 0 Å². The fourth-order valence-corrected chi connectivity index (χ4v) is 4.52. The Labute approximate surface area is 191 Å². The number of amides is 1. The fourth-order valence-electron chi connectivity index (χ4n) is 2.82. The number of carbonyl (C=O) groups is 1. The predicted octanol–water partition coefficient (Wildman–Crippen LogP) is 6.51. The minimum absolute atomic E-state index is 0.256. The van der Waals surface area contributed by atoms with Crippen molar-refractivity contribution in [2.45, 2.75) is 20.5 Å². The molecule has 31 heavy (non-hydrogen) atoms. The Morgan fingerprint density at radius 3 is 2.68 bits per heavy atom. The summed E-state index contributed by atoms with van der Waals surface area (Å²) in [4.78, 5) is 22.1. The Kier molecular flexibility index (Phi) is 6.31. The second-order valence-corrected chi connectivity index (χ2v) is 9.07. The monoisotopic (exact) mass is 473 g/mol. The van der Waals surface area contributed by atoms with Crippen LogP contribution in [0.15, 0.2) is 47.8 Å². The van der Waals surface area contributed by atoms with E-state index in [1.807, 2.05) is 18.4 Å². The summed E-state index contributed by atoms with van der Waals surface area (Å²) in [6, 6.07) is 11.5. The molecule has 5 nitrogen and oxygen atoms in total. The van der Waals surface area contributed by atoms with Crippen molar-refractivity contribution in [1.82, 2.24) is 9.97 Å². The quantitative estimate of drug-likeness (QED) is 0.347. The summed E-state index contributed by atoms with van der Waals surface area (Å²) in [5, 5.41) is 6.47. The van der Waals surface area contributed by atoms with Crippen LogP contribution in [-0.4, -0.2) is 15.9 Å². The van der Waals surface area contributed by atoms with Crippen molar-refractivity contribution in [3.05, 3.63) is 79.8 Å². The van der Waals surface area contributed by atoms with Gasteiger partial charge < -0.3 is 4.74 Å². The van der Waals surface area contributed by atoms with Gasteiger partial charge in [-0.05, 0) is 61.9 Å². The molecule has 0 saturated heterocycles. The lowest BCUT2D eigenvalue weighted by Crippen LogP contribution is -2.11. The highest BCUT2D eigenvalue weighted by Gasteiger charge is 2.17. The molecule has 4 rings (SSSR count). The van der Waals surface area contributed by atoms with Crippen molar-refractivity contribution in [2.75, 3.05) is 5.32 Å². The standard InChI is InChI=1S/C22H17ClFN3O2S2/c1-12-9-16(7-8-17(12)23)29-10-19-25-13(2)20(31-19)21(28)27-22-26-18(11-30-22)14-3-5-15(24)6-4-14/h3-9,11H,10H2,1-2H3,(H,26,27,28). The second kappa shape index (κ2) is 9.13. The highest BCUT2D eigenvalue weighted by Crippen LogP contribution is 2.27. The minimum atomic E-state index is -0.306. The molecule has 0 atom stereocenters. The molecule has 2 aromatic carbocycles. The molecule has 0 aliphatic carbocycles. The van der Waals surface area contributed by atoms with E-state index in [9.17, 15) is 9.18 Å². The van der Waals surface area contributed by atoms with E-state index in [-0.39, 0.29) is 18.3 Å². The number of aryl methyl sites for hydroxylation is 2. The van der Waals surface area contributed by atoms with Gasteiger partial charge in [-0.15, -0.1) is 22.7 Å². The zero-order valence-electron chi connectivity index (χ0n) is 16.6. The van der Waals surface area contributed by atoms with Crippen molar-refractivity contribution in [3.8, 4) is 17.0 Å². The van der Waals surface area contributed by atoms with Gasteiger partial charge in [-0.25, -0.2) is 14.4 Å². The van der Waals surface area contributed by atoms with Crippen LogP contribution < -0.4 is 10.1 Å². The summed E-state index contributed by atoms with van der Waals surface area (Å²) in [5.74, 6) is 0.111. The molecule has 158 valence electrons. The second-order valence-electron chi connectivity index (χ2n) is 6.72. The smallest absolute Gasteiger partial charge is 0.269 e. The summed E-state index contributed by atoms with van der Waals surface area (Å²) in [5.41, 5.74) is 3.01. The van der Waals surface area contributed by atoms with Gasteiger partial charge in [-0.1, -0.05) is 11.6 Å². The summed E-state index contributed by atoms with van der Waals surface area (Å²) < 4.78 is 18.9. The number of nitrogens with one attached hydrogen (secondary N) is 1. The van der Waals surface area contributed by atoms with Crippen molar-refractivity contribution < 1.29 is 13.9 Å². The van der Waals surface area contributed by atoms with Crippen LogP contribution in [0.1, 0.15) is 25.9 Å². The van der Waals surface area contributed by atoms with Crippen LogP contribution in [-0.2, 0) is 6.61 Å². The average Bonchev–Trinajstić information content (AvgIpc) is 3.36. The molecule has 0 unspecified atom stereocenters. The third-order valence-electron chi connectivity index (χ3n) is 4.40. The highest BCUT2D eigenvalue weighted by atomic mass is 35.5. The number of halogens is 2. The van der Waals surface area contributed by atoms with Crippen LogP contribution in [0.4, 0.5) is 9.52 Å². The maximum atomic E-state index is 13.1. The number of aromatic nitrogens is 2. The number of benzene rings is 2. The van der Waals surface area contributed by atoms with E-state index in [1.165, 1.54) is 34.8 Å². The van der Waals surface area contributed by atoms with Gasteiger partial charge in [0.25, 0.3) is 5.91 Å². The highest BCUT2D eigenvalue weighted by molar-refractivity contribution is 7.15. The van der Waals surface area contributed by atoms with Crippen LogP contribution in [0.5, 0.6) is 5.75 Å². The average molecular weight is 474 g/mol. The zero-order valence-corrected chi connectivity index (χ0v) is 19.0. The Balaban J connectivity index is 1.41. The van der Waals surface area contributed by atoms with Crippen LogP contribution in [0.25, 0.3) is 11.3 Å². The first-order chi connectivity index (χ1) is 14.9. The Bertz CT molecular complexity index is 1240. The third-order valence-corrected chi connectivity index (χ3v) is 6.71. The molecule has 0 radical (unpaired) electrons. The van der Waals surface area contributed by atoms with Gasteiger partial charge in [-0.3, -0.25) is 10.1 Å². The fraction of sp³-hybridized carbons (Fsp3) is 0.136. The maximum Gasteiger partial charge on any atom is 0.269 e. The summed E-state index contributed by atoms with van der Waals surface area (Å²) in [6.45, 7) is 3.95. The number of thiazole rings is 2. The van der Waals surface area contributed by atoms with Crippen molar-refractivity contribution in [3.63, 3.8) is 0 Å². The molecule has 0 bridgehead atoms. The van der Waals surface area contributed by atoms with Gasteiger partial charge in [0.05, 0.1) is 11.4 Å². The molecule has 1 N–H and O–H groups in total. The molecule has 1 amide bonds. The number of carbonyl (C=O) groups excluding carboxylic acids is 1. The van der Waals surface area contributed by atoms with E-state index < -0.39 is 0 Å². The van der Waals surface area contributed by atoms with E-state index in [0.29, 0.717) is 37.2 Å². The first-order valence-electron chi connectivity index (χ1n) is 9.27. The zero-order chi connectivity index (χ0) is 22.0. The summed E-state index contributed by atoms with van der Waals surface area (Å²) in [7, 11) is 0. The number of hydrogen-bond donors (Lipinski definition) is 1. The number of ether oxygens (including phenoxy) is 1. The lowest BCUT2D eigenvalue weighted by atomic mass is 10.2. The molecular formula is C22H17ClFN3O2S2.